The molecule has 0 bridgehead atoms. The molecule has 1 N–H and O–H groups in total. The van der Waals surface area contributed by atoms with Crippen molar-refractivity contribution in [3.63, 3.8) is 0 Å². The van der Waals surface area contributed by atoms with Crippen molar-refractivity contribution in [2.24, 2.45) is 0 Å². The topological polar surface area (TPSA) is 29.1 Å². The van der Waals surface area contributed by atoms with E-state index in [1.165, 1.54) is 0 Å². The number of para-hydroxylation sites is 1. The Labute approximate surface area is 91.7 Å². The van der Waals surface area contributed by atoms with Gasteiger partial charge in [0, 0.05) is 5.69 Å². The number of anilines is 1. The van der Waals surface area contributed by atoms with Crippen LogP contribution in [0.5, 0.6) is 0 Å². The fourth-order valence-electron chi connectivity index (χ4n) is 0.928. The first-order valence-electron chi connectivity index (χ1n) is 4.86. The fraction of sp³-hybridized carbons (Fsp3) is 0.250. The molecular weight excluding hydrogens is 202 g/mol. The van der Waals surface area contributed by atoms with Crippen LogP contribution in [0.4, 0.5) is 5.69 Å². The maximum absolute atomic E-state index is 11.4. The summed E-state index contributed by atoms with van der Waals surface area (Å²) in [5, 5.41) is 2.72. The summed E-state index contributed by atoms with van der Waals surface area (Å²) in [4.78, 5) is 11.4. The molecule has 15 heavy (non-hydrogen) atoms. The van der Waals surface area contributed by atoms with E-state index in [1.54, 1.807) is 0 Å². The molecule has 2 nitrogen and oxygen atoms in total. The van der Waals surface area contributed by atoms with Gasteiger partial charge in [0.05, 0.1) is 0 Å². The molecule has 0 aliphatic rings. The minimum atomic E-state index is -1.46. The van der Waals surface area contributed by atoms with E-state index in [-0.39, 0.29) is 5.91 Å². The SMILES string of the molecule is C[Si](C)(C)C#CC(=O)Nc1ccccc1. The van der Waals surface area contributed by atoms with E-state index in [0.29, 0.717) is 0 Å². The Kier molecular flexibility index (Phi) is 3.70. The van der Waals surface area contributed by atoms with Crippen LogP contribution in [0.25, 0.3) is 0 Å². The molecule has 0 saturated heterocycles. The van der Waals surface area contributed by atoms with Gasteiger partial charge in [-0.25, -0.2) is 0 Å². The normalized spacial score (nSPS) is 10.1. The van der Waals surface area contributed by atoms with Gasteiger partial charge in [-0.2, -0.15) is 0 Å². The summed E-state index contributed by atoms with van der Waals surface area (Å²) in [6.07, 6.45) is 0. The van der Waals surface area contributed by atoms with Gasteiger partial charge < -0.3 is 5.32 Å². The molecule has 0 saturated carbocycles. The summed E-state index contributed by atoms with van der Waals surface area (Å²) in [5.41, 5.74) is 3.80. The highest BCUT2D eigenvalue weighted by molar-refractivity contribution is 6.84. The standard InChI is InChI=1S/C12H15NOSi/c1-15(2,3)10-9-12(14)13-11-7-5-4-6-8-11/h4-8H,1-3H3,(H,13,14). The van der Waals surface area contributed by atoms with Gasteiger partial charge in [-0.3, -0.25) is 4.79 Å². The number of amides is 1. The molecule has 0 aliphatic carbocycles. The average Bonchev–Trinajstić information content (AvgIpc) is 2.15. The van der Waals surface area contributed by atoms with Crippen molar-refractivity contribution in [2.45, 2.75) is 19.6 Å². The van der Waals surface area contributed by atoms with E-state index in [1.807, 2.05) is 30.3 Å². The smallest absolute Gasteiger partial charge is 0.299 e. The van der Waals surface area contributed by atoms with Crippen molar-refractivity contribution in [3.8, 4) is 11.5 Å². The number of hydrogen-bond acceptors (Lipinski definition) is 1. The first-order valence-corrected chi connectivity index (χ1v) is 8.36. The lowest BCUT2D eigenvalue weighted by molar-refractivity contribution is -0.111. The van der Waals surface area contributed by atoms with Crippen LogP contribution in [0, 0.1) is 11.5 Å². The summed E-state index contributed by atoms with van der Waals surface area (Å²) in [5.74, 6) is 2.40. The molecule has 78 valence electrons. The summed E-state index contributed by atoms with van der Waals surface area (Å²) >= 11 is 0. The number of carbonyl (C=O) groups excluding carboxylic acids is 1. The van der Waals surface area contributed by atoms with Crippen LogP contribution in [0.3, 0.4) is 0 Å². The first kappa shape index (κ1) is 11.5. The molecule has 3 heteroatoms. The zero-order chi connectivity index (χ0) is 11.3. The van der Waals surface area contributed by atoms with Gasteiger partial charge in [0.1, 0.15) is 8.07 Å². The maximum atomic E-state index is 11.4. The molecule has 0 aromatic heterocycles. The monoisotopic (exact) mass is 217 g/mol. The van der Waals surface area contributed by atoms with Crippen LogP contribution in [-0.2, 0) is 4.79 Å². The summed E-state index contributed by atoms with van der Waals surface area (Å²) in [7, 11) is -1.46. The quantitative estimate of drug-likeness (QED) is 0.568. The van der Waals surface area contributed by atoms with Crippen LogP contribution in [0.2, 0.25) is 19.6 Å². The highest BCUT2D eigenvalue weighted by Crippen LogP contribution is 2.04. The number of benzene rings is 1. The Morgan fingerprint density at radius 1 is 1.20 bits per heavy atom. The molecule has 0 fully saturated rings. The number of hydrogen-bond donors (Lipinski definition) is 1. The largest absolute Gasteiger partial charge is 0.315 e. The molecule has 0 spiro atoms. The molecule has 0 aliphatic heterocycles. The zero-order valence-corrected chi connectivity index (χ0v) is 10.3. The first-order chi connectivity index (χ1) is 6.97. The van der Waals surface area contributed by atoms with Crippen molar-refractivity contribution in [3.05, 3.63) is 30.3 Å². The Hall–Kier alpha value is -1.53. The van der Waals surface area contributed by atoms with Crippen LogP contribution >= 0.6 is 0 Å². The van der Waals surface area contributed by atoms with Crippen LogP contribution < -0.4 is 5.32 Å². The second-order valence-corrected chi connectivity index (χ2v) is 9.07. The molecule has 0 radical (unpaired) electrons. The zero-order valence-electron chi connectivity index (χ0n) is 9.29. The number of rotatable bonds is 1. The van der Waals surface area contributed by atoms with Crippen molar-refractivity contribution in [1.29, 1.82) is 0 Å². The second-order valence-electron chi connectivity index (χ2n) is 4.32. The highest BCUT2D eigenvalue weighted by Gasteiger charge is 2.08. The van der Waals surface area contributed by atoms with Gasteiger partial charge in [0.15, 0.2) is 0 Å². The fourth-order valence-corrected chi connectivity index (χ4v) is 1.42. The molecule has 1 aromatic rings. The molecule has 1 amide bonds. The average molecular weight is 217 g/mol. The summed E-state index contributed by atoms with van der Waals surface area (Å²) < 4.78 is 0. The lowest BCUT2D eigenvalue weighted by atomic mass is 10.3. The van der Waals surface area contributed by atoms with Gasteiger partial charge in [-0.15, -0.1) is 5.54 Å². The Balaban J connectivity index is 2.61. The predicted octanol–water partition coefficient (Wildman–Crippen LogP) is 2.51. The van der Waals surface area contributed by atoms with Gasteiger partial charge >= 0.3 is 0 Å². The molecule has 0 heterocycles. The lowest BCUT2D eigenvalue weighted by Gasteiger charge is -2.03. The molecule has 0 unspecified atom stereocenters. The van der Waals surface area contributed by atoms with Gasteiger partial charge in [-0.05, 0) is 18.1 Å². The van der Waals surface area contributed by atoms with E-state index in [4.69, 9.17) is 0 Å². The molecule has 0 atom stereocenters. The molecular formula is C12H15NOSi. The number of nitrogens with one attached hydrogen (secondary N) is 1. The van der Waals surface area contributed by atoms with Crippen LogP contribution in [-0.4, -0.2) is 14.0 Å². The van der Waals surface area contributed by atoms with E-state index in [9.17, 15) is 4.79 Å². The van der Waals surface area contributed by atoms with Crippen LogP contribution in [0.1, 0.15) is 0 Å². The van der Waals surface area contributed by atoms with E-state index in [2.05, 4.69) is 36.4 Å². The third-order valence-corrected chi connectivity index (χ3v) is 2.46. The van der Waals surface area contributed by atoms with Crippen molar-refractivity contribution >= 4 is 19.7 Å². The van der Waals surface area contributed by atoms with Crippen molar-refractivity contribution in [2.75, 3.05) is 5.32 Å². The lowest BCUT2D eigenvalue weighted by Crippen LogP contribution is -2.18. The van der Waals surface area contributed by atoms with E-state index >= 15 is 0 Å². The summed E-state index contributed by atoms with van der Waals surface area (Å²) in [6.45, 7) is 6.32. The van der Waals surface area contributed by atoms with E-state index in [0.717, 1.165) is 5.69 Å². The third kappa shape index (κ3) is 5.04. The van der Waals surface area contributed by atoms with Gasteiger partial charge in [0.2, 0.25) is 0 Å². The van der Waals surface area contributed by atoms with Gasteiger partial charge in [-0.1, -0.05) is 37.8 Å². The van der Waals surface area contributed by atoms with Crippen molar-refractivity contribution in [1.82, 2.24) is 0 Å². The Bertz CT molecular complexity index is 395. The summed E-state index contributed by atoms with van der Waals surface area (Å²) in [6, 6.07) is 9.34. The van der Waals surface area contributed by atoms with Gasteiger partial charge in [0.25, 0.3) is 5.91 Å². The van der Waals surface area contributed by atoms with Crippen molar-refractivity contribution < 1.29 is 4.79 Å². The molecule has 1 rings (SSSR count). The highest BCUT2D eigenvalue weighted by atomic mass is 28.3. The Morgan fingerprint density at radius 2 is 1.80 bits per heavy atom. The minimum Gasteiger partial charge on any atom is -0.315 e. The predicted molar refractivity (Wildman–Crippen MR) is 66.2 cm³/mol. The van der Waals surface area contributed by atoms with Crippen LogP contribution in [0.15, 0.2) is 30.3 Å². The minimum absolute atomic E-state index is 0.233. The number of carbonyl (C=O) groups is 1. The third-order valence-electron chi connectivity index (χ3n) is 1.58. The second kappa shape index (κ2) is 4.81. The molecule has 1 aromatic carbocycles. The Morgan fingerprint density at radius 3 is 2.33 bits per heavy atom. The maximum Gasteiger partial charge on any atom is 0.299 e. The van der Waals surface area contributed by atoms with E-state index < -0.39 is 8.07 Å².